The molecule has 1 heterocycles. The highest BCUT2D eigenvalue weighted by atomic mass is 32.1. The number of carbonyl (C=O) groups is 1. The maximum Gasteiger partial charge on any atom is 0.274 e. The predicted octanol–water partition coefficient (Wildman–Crippen LogP) is 3.50. The third-order valence-corrected chi connectivity index (χ3v) is 3.79. The van der Waals surface area contributed by atoms with Gasteiger partial charge in [0.1, 0.15) is 5.69 Å². The van der Waals surface area contributed by atoms with Gasteiger partial charge in [0.15, 0.2) is 0 Å². The fourth-order valence-corrected chi connectivity index (χ4v) is 2.48. The number of aryl methyl sites for hydroxylation is 1. The summed E-state index contributed by atoms with van der Waals surface area (Å²) in [6.07, 6.45) is 0. The van der Waals surface area contributed by atoms with E-state index in [4.69, 9.17) is 0 Å². The van der Waals surface area contributed by atoms with Crippen molar-refractivity contribution in [3.05, 3.63) is 52.0 Å². The molecule has 0 aliphatic heterocycles. The lowest BCUT2D eigenvalue weighted by molar-refractivity contribution is 0.0684. The van der Waals surface area contributed by atoms with Crippen LogP contribution in [-0.2, 0) is 6.54 Å². The van der Waals surface area contributed by atoms with Gasteiger partial charge in [0, 0.05) is 17.5 Å². The minimum Gasteiger partial charge on any atom is -0.331 e. The van der Waals surface area contributed by atoms with Gasteiger partial charge in [0.2, 0.25) is 0 Å². The van der Waals surface area contributed by atoms with Gasteiger partial charge in [0.05, 0.1) is 5.51 Å². The second-order valence-electron chi connectivity index (χ2n) is 4.77. The van der Waals surface area contributed by atoms with Gasteiger partial charge in [0.25, 0.3) is 5.91 Å². The zero-order chi connectivity index (χ0) is 13.8. The fraction of sp³-hybridized carbons (Fsp3) is 0.333. The number of aromatic nitrogens is 1. The van der Waals surface area contributed by atoms with Gasteiger partial charge in [-0.25, -0.2) is 4.98 Å². The number of thiazole rings is 1. The summed E-state index contributed by atoms with van der Waals surface area (Å²) in [6.45, 7) is 6.62. The predicted molar refractivity (Wildman–Crippen MR) is 78.3 cm³/mol. The Morgan fingerprint density at radius 3 is 2.53 bits per heavy atom. The molecule has 0 unspecified atom stereocenters. The molecule has 1 aromatic heterocycles. The quantitative estimate of drug-likeness (QED) is 0.855. The van der Waals surface area contributed by atoms with Crippen molar-refractivity contribution in [2.45, 2.75) is 33.4 Å². The standard InChI is InChI=1S/C15H18N2OS/c1-11(2)17(9-13-7-5-4-6-8-13)15(18)14-12(3)19-10-16-14/h4-8,10-11H,9H2,1-3H3. The topological polar surface area (TPSA) is 33.2 Å². The number of nitrogens with zero attached hydrogens (tertiary/aromatic N) is 2. The molecule has 0 aliphatic rings. The number of amides is 1. The minimum absolute atomic E-state index is 0.0117. The first-order valence-corrected chi connectivity index (χ1v) is 7.22. The lowest BCUT2D eigenvalue weighted by Gasteiger charge is -2.26. The third kappa shape index (κ3) is 3.20. The van der Waals surface area contributed by atoms with Gasteiger partial charge in [-0.05, 0) is 26.3 Å². The molecule has 2 aromatic rings. The van der Waals surface area contributed by atoms with Crippen LogP contribution in [0.15, 0.2) is 35.8 Å². The largest absolute Gasteiger partial charge is 0.331 e. The molecule has 0 bridgehead atoms. The molecule has 0 atom stereocenters. The zero-order valence-electron chi connectivity index (χ0n) is 11.5. The van der Waals surface area contributed by atoms with Gasteiger partial charge >= 0.3 is 0 Å². The van der Waals surface area contributed by atoms with E-state index in [0.717, 1.165) is 10.4 Å². The van der Waals surface area contributed by atoms with Crippen LogP contribution in [0.3, 0.4) is 0 Å². The zero-order valence-corrected chi connectivity index (χ0v) is 12.3. The summed E-state index contributed by atoms with van der Waals surface area (Å²) in [5.41, 5.74) is 3.44. The van der Waals surface area contributed by atoms with E-state index >= 15 is 0 Å². The Kier molecular flexibility index (Phi) is 4.32. The van der Waals surface area contributed by atoms with Crippen molar-refractivity contribution in [2.24, 2.45) is 0 Å². The maximum atomic E-state index is 12.5. The molecule has 3 nitrogen and oxygen atoms in total. The molecule has 0 saturated heterocycles. The van der Waals surface area contributed by atoms with E-state index in [1.807, 2.05) is 56.0 Å². The third-order valence-electron chi connectivity index (χ3n) is 3.03. The number of hydrogen-bond acceptors (Lipinski definition) is 3. The average molecular weight is 274 g/mol. The highest BCUT2D eigenvalue weighted by Gasteiger charge is 2.22. The van der Waals surface area contributed by atoms with Crippen LogP contribution in [-0.4, -0.2) is 21.8 Å². The molecule has 4 heteroatoms. The molecule has 0 radical (unpaired) electrons. The van der Waals surface area contributed by atoms with Crippen molar-refractivity contribution in [3.8, 4) is 0 Å². The van der Waals surface area contributed by atoms with E-state index in [-0.39, 0.29) is 11.9 Å². The maximum absolute atomic E-state index is 12.5. The van der Waals surface area contributed by atoms with Crippen molar-refractivity contribution in [2.75, 3.05) is 0 Å². The lowest BCUT2D eigenvalue weighted by Crippen LogP contribution is -2.36. The molecule has 1 amide bonds. The summed E-state index contributed by atoms with van der Waals surface area (Å²) < 4.78 is 0. The molecule has 0 saturated carbocycles. The Morgan fingerprint density at radius 1 is 1.32 bits per heavy atom. The van der Waals surface area contributed by atoms with Gasteiger partial charge in [-0.2, -0.15) is 0 Å². The van der Waals surface area contributed by atoms with Crippen LogP contribution >= 0.6 is 11.3 Å². The summed E-state index contributed by atoms with van der Waals surface area (Å²) in [5, 5.41) is 0. The second-order valence-corrected chi connectivity index (χ2v) is 5.83. The van der Waals surface area contributed by atoms with Gasteiger partial charge in [-0.15, -0.1) is 11.3 Å². The second kappa shape index (κ2) is 5.97. The van der Waals surface area contributed by atoms with Gasteiger partial charge < -0.3 is 4.90 Å². The normalized spacial score (nSPS) is 10.7. The van der Waals surface area contributed by atoms with Crippen molar-refractivity contribution in [1.29, 1.82) is 0 Å². The van der Waals surface area contributed by atoms with Crippen molar-refractivity contribution in [3.63, 3.8) is 0 Å². The molecule has 2 rings (SSSR count). The van der Waals surface area contributed by atoms with Crippen molar-refractivity contribution < 1.29 is 4.79 Å². The van der Waals surface area contributed by atoms with E-state index in [2.05, 4.69) is 4.98 Å². The Labute approximate surface area is 117 Å². The molecule has 19 heavy (non-hydrogen) atoms. The van der Waals surface area contributed by atoms with Crippen LogP contribution in [0.5, 0.6) is 0 Å². The molecule has 0 fully saturated rings. The first-order chi connectivity index (χ1) is 9.09. The smallest absolute Gasteiger partial charge is 0.274 e. The molecule has 0 aliphatic carbocycles. The van der Waals surface area contributed by atoms with Gasteiger partial charge in [-0.3, -0.25) is 4.79 Å². The molecule has 100 valence electrons. The van der Waals surface area contributed by atoms with E-state index in [0.29, 0.717) is 12.2 Å². The Balaban J connectivity index is 2.22. The fourth-order valence-electron chi connectivity index (χ4n) is 1.92. The van der Waals surface area contributed by atoms with Crippen LogP contribution in [0.1, 0.15) is 34.8 Å². The molecule has 0 spiro atoms. The first kappa shape index (κ1) is 13.7. The van der Waals surface area contributed by atoms with E-state index in [1.165, 1.54) is 11.3 Å². The number of benzene rings is 1. The summed E-state index contributed by atoms with van der Waals surface area (Å²) in [7, 11) is 0. The Morgan fingerprint density at radius 2 is 2.00 bits per heavy atom. The van der Waals surface area contributed by atoms with Crippen molar-refractivity contribution in [1.82, 2.24) is 9.88 Å². The minimum atomic E-state index is 0.0117. The van der Waals surface area contributed by atoms with E-state index in [1.54, 1.807) is 5.51 Å². The van der Waals surface area contributed by atoms with Crippen LogP contribution < -0.4 is 0 Å². The Bertz CT molecular complexity index is 548. The van der Waals surface area contributed by atoms with E-state index < -0.39 is 0 Å². The average Bonchev–Trinajstić information content (AvgIpc) is 2.82. The highest BCUT2D eigenvalue weighted by Crippen LogP contribution is 2.17. The summed E-state index contributed by atoms with van der Waals surface area (Å²) >= 11 is 1.51. The summed E-state index contributed by atoms with van der Waals surface area (Å²) in [5.74, 6) is 0.0117. The molecular formula is C15H18N2OS. The SMILES string of the molecule is Cc1scnc1C(=O)N(Cc1ccccc1)C(C)C. The first-order valence-electron chi connectivity index (χ1n) is 6.34. The lowest BCUT2D eigenvalue weighted by atomic mass is 10.1. The number of hydrogen-bond donors (Lipinski definition) is 0. The highest BCUT2D eigenvalue weighted by molar-refractivity contribution is 7.09. The van der Waals surface area contributed by atoms with Crippen LogP contribution in [0.2, 0.25) is 0 Å². The Hall–Kier alpha value is -1.68. The number of rotatable bonds is 4. The van der Waals surface area contributed by atoms with Gasteiger partial charge in [-0.1, -0.05) is 30.3 Å². The summed E-state index contributed by atoms with van der Waals surface area (Å²) in [6, 6.07) is 10.2. The van der Waals surface area contributed by atoms with Crippen LogP contribution in [0, 0.1) is 6.92 Å². The molecule has 1 aromatic carbocycles. The van der Waals surface area contributed by atoms with Crippen LogP contribution in [0.25, 0.3) is 0 Å². The number of carbonyl (C=O) groups excluding carboxylic acids is 1. The monoisotopic (exact) mass is 274 g/mol. The molecule has 0 N–H and O–H groups in total. The van der Waals surface area contributed by atoms with Crippen molar-refractivity contribution >= 4 is 17.2 Å². The molecular weight excluding hydrogens is 256 g/mol. The van der Waals surface area contributed by atoms with E-state index in [9.17, 15) is 4.79 Å². The summed E-state index contributed by atoms with van der Waals surface area (Å²) in [4.78, 5) is 19.6. The van der Waals surface area contributed by atoms with Crippen LogP contribution in [0.4, 0.5) is 0 Å².